The fourth-order valence-corrected chi connectivity index (χ4v) is 2.30. The van der Waals surface area contributed by atoms with E-state index in [1.807, 2.05) is 0 Å². The second-order valence-electron chi connectivity index (χ2n) is 4.22. The Morgan fingerprint density at radius 2 is 1.38 bits per heavy atom. The van der Waals surface area contributed by atoms with Crippen LogP contribution in [0.25, 0.3) is 0 Å². The molecular weight excluding hydrogens is 216 g/mol. The van der Waals surface area contributed by atoms with E-state index in [2.05, 4.69) is 0 Å². The molecule has 1 aliphatic carbocycles. The minimum absolute atomic E-state index is 0.570. The largest absolute Gasteiger partial charge is 0.479 e. The zero-order chi connectivity index (χ0) is 11.8. The van der Waals surface area contributed by atoms with Crippen molar-refractivity contribution in [1.29, 1.82) is 0 Å². The predicted octanol–water partition coefficient (Wildman–Crippen LogP) is 0.600. The molecule has 1 heterocycles. The van der Waals surface area contributed by atoms with Gasteiger partial charge in [-0.15, -0.1) is 0 Å². The maximum atomic E-state index is 10.9. The zero-order valence-corrected chi connectivity index (χ0v) is 8.72. The van der Waals surface area contributed by atoms with E-state index < -0.39 is 29.9 Å². The highest BCUT2D eigenvalue weighted by Crippen LogP contribution is 2.40. The Bertz CT molecular complexity index is 282. The molecule has 0 aromatic carbocycles. The molecule has 0 aromatic heterocycles. The van der Waals surface area contributed by atoms with Crippen molar-refractivity contribution in [3.05, 3.63) is 0 Å². The van der Waals surface area contributed by atoms with E-state index in [4.69, 9.17) is 19.7 Å². The molecule has 16 heavy (non-hydrogen) atoms. The van der Waals surface area contributed by atoms with Crippen molar-refractivity contribution in [2.75, 3.05) is 0 Å². The molecule has 6 nitrogen and oxygen atoms in total. The maximum Gasteiger partial charge on any atom is 0.336 e. The van der Waals surface area contributed by atoms with Gasteiger partial charge < -0.3 is 19.7 Å². The van der Waals surface area contributed by atoms with Crippen LogP contribution in [0.15, 0.2) is 0 Å². The number of aliphatic carboxylic acids is 2. The van der Waals surface area contributed by atoms with E-state index in [9.17, 15) is 9.59 Å². The van der Waals surface area contributed by atoms with Gasteiger partial charge in [0.15, 0.2) is 18.0 Å². The first kappa shape index (κ1) is 11.3. The monoisotopic (exact) mass is 230 g/mol. The highest BCUT2D eigenvalue weighted by Gasteiger charge is 2.53. The predicted molar refractivity (Wildman–Crippen MR) is 50.8 cm³/mol. The van der Waals surface area contributed by atoms with Gasteiger partial charge in [-0.25, -0.2) is 9.59 Å². The van der Waals surface area contributed by atoms with Crippen molar-refractivity contribution < 1.29 is 29.3 Å². The van der Waals surface area contributed by atoms with Crippen molar-refractivity contribution >= 4 is 11.9 Å². The molecule has 0 radical (unpaired) electrons. The first-order valence-electron chi connectivity index (χ1n) is 5.35. The van der Waals surface area contributed by atoms with Gasteiger partial charge in [-0.3, -0.25) is 0 Å². The van der Waals surface area contributed by atoms with E-state index in [-0.39, 0.29) is 0 Å². The lowest BCUT2D eigenvalue weighted by Gasteiger charge is -2.31. The van der Waals surface area contributed by atoms with Gasteiger partial charge in [0.25, 0.3) is 0 Å². The Hall–Kier alpha value is -1.14. The molecule has 2 atom stereocenters. The Labute approximate surface area is 92.2 Å². The van der Waals surface area contributed by atoms with Gasteiger partial charge >= 0.3 is 11.9 Å². The van der Waals surface area contributed by atoms with Crippen LogP contribution >= 0.6 is 0 Å². The molecule has 2 N–H and O–H groups in total. The average Bonchev–Trinajstić information content (AvgIpc) is 2.59. The number of hydrogen-bond donors (Lipinski definition) is 2. The molecule has 1 aliphatic heterocycles. The number of ether oxygens (including phenoxy) is 2. The third kappa shape index (κ3) is 1.90. The summed E-state index contributed by atoms with van der Waals surface area (Å²) in [6.07, 6.45) is 1.15. The second-order valence-corrected chi connectivity index (χ2v) is 4.22. The van der Waals surface area contributed by atoms with Crippen LogP contribution in [-0.2, 0) is 19.1 Å². The molecule has 1 saturated heterocycles. The number of rotatable bonds is 2. The van der Waals surface area contributed by atoms with Crippen molar-refractivity contribution in [1.82, 2.24) is 0 Å². The molecule has 0 bridgehead atoms. The molecule has 0 aromatic rings. The van der Waals surface area contributed by atoms with Crippen LogP contribution in [0.2, 0.25) is 0 Å². The lowest BCUT2D eigenvalue weighted by atomic mass is 9.94. The molecule has 2 rings (SSSR count). The van der Waals surface area contributed by atoms with Gasteiger partial charge in [0, 0.05) is 12.8 Å². The topological polar surface area (TPSA) is 93.1 Å². The third-order valence-electron chi connectivity index (χ3n) is 3.06. The molecule has 2 fully saturated rings. The molecular formula is C10H14O6. The van der Waals surface area contributed by atoms with Crippen LogP contribution < -0.4 is 0 Å². The summed E-state index contributed by atoms with van der Waals surface area (Å²) in [7, 11) is 0. The first-order valence-corrected chi connectivity index (χ1v) is 5.35. The standard InChI is InChI=1S/C10H14O6/c11-8(12)6-7(9(13)14)16-10(15-6)4-2-1-3-5-10/h6-7H,1-5H2,(H,11,12)(H,13,14)/t6-,7-/m1/s1. The SMILES string of the molecule is O=C(O)[C@@H]1OC2(CCCCC2)O[C@H]1C(=O)O. The number of carboxylic acids is 2. The van der Waals surface area contributed by atoms with Gasteiger partial charge in [-0.1, -0.05) is 6.42 Å². The fraction of sp³-hybridized carbons (Fsp3) is 0.800. The smallest absolute Gasteiger partial charge is 0.336 e. The van der Waals surface area contributed by atoms with Crippen molar-refractivity contribution in [2.45, 2.75) is 50.1 Å². The molecule has 0 unspecified atom stereocenters. The van der Waals surface area contributed by atoms with E-state index in [0.29, 0.717) is 12.8 Å². The van der Waals surface area contributed by atoms with Gasteiger partial charge in [0.05, 0.1) is 0 Å². The van der Waals surface area contributed by atoms with E-state index in [1.165, 1.54) is 0 Å². The quantitative estimate of drug-likeness (QED) is 0.721. The zero-order valence-electron chi connectivity index (χ0n) is 8.72. The lowest BCUT2D eigenvalue weighted by Crippen LogP contribution is -2.36. The van der Waals surface area contributed by atoms with Gasteiger partial charge in [0.2, 0.25) is 0 Å². The van der Waals surface area contributed by atoms with E-state index in [0.717, 1.165) is 19.3 Å². The summed E-state index contributed by atoms with van der Waals surface area (Å²) in [5.41, 5.74) is 0. The molecule has 2 aliphatic rings. The van der Waals surface area contributed by atoms with Gasteiger partial charge in [0.1, 0.15) is 0 Å². The fourth-order valence-electron chi connectivity index (χ4n) is 2.30. The first-order chi connectivity index (χ1) is 7.54. The summed E-state index contributed by atoms with van der Waals surface area (Å²) in [5, 5.41) is 17.8. The Morgan fingerprint density at radius 3 is 1.75 bits per heavy atom. The highest BCUT2D eigenvalue weighted by atomic mass is 16.8. The number of carbonyl (C=O) groups is 2. The average molecular weight is 230 g/mol. The molecule has 0 amide bonds. The Morgan fingerprint density at radius 1 is 0.938 bits per heavy atom. The summed E-state index contributed by atoms with van der Waals surface area (Å²) in [5.74, 6) is -3.55. The Kier molecular flexibility index (Phi) is 2.86. The van der Waals surface area contributed by atoms with E-state index in [1.54, 1.807) is 0 Å². The molecule has 90 valence electrons. The Balaban J connectivity index is 2.16. The summed E-state index contributed by atoms with van der Waals surface area (Å²) in [6.45, 7) is 0. The van der Waals surface area contributed by atoms with Crippen LogP contribution in [-0.4, -0.2) is 40.1 Å². The van der Waals surface area contributed by atoms with Crippen LogP contribution in [0, 0.1) is 0 Å². The van der Waals surface area contributed by atoms with Crippen LogP contribution in [0.1, 0.15) is 32.1 Å². The number of hydrogen-bond acceptors (Lipinski definition) is 4. The van der Waals surface area contributed by atoms with Gasteiger partial charge in [-0.05, 0) is 12.8 Å². The summed E-state index contributed by atoms with van der Waals surface area (Å²) in [4.78, 5) is 21.7. The highest BCUT2D eigenvalue weighted by molar-refractivity contribution is 5.84. The van der Waals surface area contributed by atoms with Crippen molar-refractivity contribution in [3.63, 3.8) is 0 Å². The molecule has 1 spiro atoms. The van der Waals surface area contributed by atoms with Crippen LogP contribution in [0.5, 0.6) is 0 Å². The second kappa shape index (κ2) is 4.03. The lowest BCUT2D eigenvalue weighted by molar-refractivity contribution is -0.201. The number of carboxylic acid groups (broad SMARTS) is 2. The summed E-state index contributed by atoms with van der Waals surface area (Å²) < 4.78 is 10.6. The van der Waals surface area contributed by atoms with E-state index >= 15 is 0 Å². The summed E-state index contributed by atoms with van der Waals surface area (Å²) >= 11 is 0. The molecule has 1 saturated carbocycles. The summed E-state index contributed by atoms with van der Waals surface area (Å²) in [6, 6.07) is 0. The van der Waals surface area contributed by atoms with Crippen molar-refractivity contribution in [3.8, 4) is 0 Å². The van der Waals surface area contributed by atoms with Gasteiger partial charge in [-0.2, -0.15) is 0 Å². The van der Waals surface area contributed by atoms with Crippen molar-refractivity contribution in [2.24, 2.45) is 0 Å². The van der Waals surface area contributed by atoms with Crippen LogP contribution in [0.4, 0.5) is 0 Å². The third-order valence-corrected chi connectivity index (χ3v) is 3.06. The minimum atomic E-state index is -1.39. The minimum Gasteiger partial charge on any atom is -0.479 e. The molecule has 6 heteroatoms. The van der Waals surface area contributed by atoms with Crippen LogP contribution in [0.3, 0.4) is 0 Å². The maximum absolute atomic E-state index is 10.9. The normalized spacial score (nSPS) is 32.8.